The number of H-pyrrole nitrogens is 1. The maximum Gasteiger partial charge on any atom is 0.227 e. The van der Waals surface area contributed by atoms with Crippen molar-refractivity contribution in [1.29, 1.82) is 0 Å². The van der Waals surface area contributed by atoms with E-state index in [4.69, 9.17) is 0 Å². The van der Waals surface area contributed by atoms with E-state index in [1.807, 2.05) is 25.3 Å². The molecule has 3 aromatic rings. The van der Waals surface area contributed by atoms with Crippen LogP contribution in [0.15, 0.2) is 47.6 Å². The lowest BCUT2D eigenvalue weighted by Gasteiger charge is -2.21. The molecular formula is C30H41N7O. The first kappa shape index (κ1) is 27.5. The molecule has 3 N–H and O–H groups in total. The van der Waals surface area contributed by atoms with Crippen molar-refractivity contribution in [2.24, 2.45) is 10.9 Å². The van der Waals surface area contributed by atoms with Crippen molar-refractivity contribution in [1.82, 2.24) is 25.2 Å². The van der Waals surface area contributed by atoms with Crippen molar-refractivity contribution in [2.75, 3.05) is 31.5 Å². The summed E-state index contributed by atoms with van der Waals surface area (Å²) in [6.45, 7) is 8.41. The molecule has 202 valence electrons. The van der Waals surface area contributed by atoms with Gasteiger partial charge in [-0.25, -0.2) is 9.97 Å². The molecule has 0 spiro atoms. The molecule has 1 atom stereocenters. The monoisotopic (exact) mass is 515 g/mol. The minimum atomic E-state index is 0.549. The maximum absolute atomic E-state index is 10.7. The molecule has 2 aromatic heterocycles. The van der Waals surface area contributed by atoms with Crippen molar-refractivity contribution in [3.63, 3.8) is 0 Å². The number of likely N-dealkylation sites (tertiary alicyclic amines) is 1. The Labute approximate surface area is 226 Å². The number of aliphatic imine (C=N–C) groups is 1. The molecule has 1 aliphatic rings. The van der Waals surface area contributed by atoms with Crippen molar-refractivity contribution in [3.8, 4) is 0 Å². The van der Waals surface area contributed by atoms with Gasteiger partial charge in [-0.05, 0) is 108 Å². The molecule has 38 heavy (non-hydrogen) atoms. The molecular weight excluding hydrogens is 474 g/mol. The molecule has 1 fully saturated rings. The molecule has 0 saturated carbocycles. The summed E-state index contributed by atoms with van der Waals surface area (Å²) in [7, 11) is 0. The Bertz CT molecular complexity index is 1230. The number of rotatable bonds is 15. The van der Waals surface area contributed by atoms with Gasteiger partial charge in [0.1, 0.15) is 0 Å². The first-order chi connectivity index (χ1) is 18.7. The highest BCUT2D eigenvalue weighted by atomic mass is 16.1. The highest BCUT2D eigenvalue weighted by Gasteiger charge is 2.16. The first-order valence-electron chi connectivity index (χ1n) is 14.0. The second kappa shape index (κ2) is 14.4. The van der Waals surface area contributed by atoms with Crippen LogP contribution in [0.25, 0.3) is 16.6 Å². The molecule has 8 nitrogen and oxygen atoms in total. The summed E-state index contributed by atoms with van der Waals surface area (Å²) in [5, 5.41) is 7.36. The van der Waals surface area contributed by atoms with Gasteiger partial charge in [0, 0.05) is 41.2 Å². The standard InChI is InChI=1S/C30H41N7O/c1-3-14-32-27(4-2)29-12-16-33-30(36-29)35-26-9-10-28-24(21-26)20-25(34-28)8-7-23(11-15-31-22-38)13-19-37-17-5-6-18-37/h4,9-10,12,14,16,20-23,34H,3,5-8,11,13,15,17-19H2,1-2H3,(H,31,38)(H,33,35,36)/b27-4-,32-14?. The number of aromatic amines is 1. The van der Waals surface area contributed by atoms with E-state index in [2.05, 4.69) is 66.7 Å². The number of anilines is 2. The SMILES string of the molecule is C/C=C(\N=CCC)c1ccnc(Nc2ccc3[nH]c(CCC(CCNC=O)CCN4CCCC4)cc3c2)n1. The zero-order valence-electron chi connectivity index (χ0n) is 22.7. The Morgan fingerprint density at radius 1 is 1.18 bits per heavy atom. The molecule has 1 saturated heterocycles. The fraction of sp³-hybridized carbons (Fsp3) is 0.467. The van der Waals surface area contributed by atoms with Crippen molar-refractivity contribution in [3.05, 3.63) is 54.0 Å². The lowest BCUT2D eigenvalue weighted by atomic mass is 9.94. The number of hydrogen-bond donors (Lipinski definition) is 3. The van der Waals surface area contributed by atoms with E-state index in [0.717, 1.165) is 67.8 Å². The average molecular weight is 516 g/mol. The van der Waals surface area contributed by atoms with Crippen LogP contribution in [-0.4, -0.2) is 58.7 Å². The van der Waals surface area contributed by atoms with E-state index in [9.17, 15) is 4.79 Å². The number of nitrogens with zero attached hydrogens (tertiary/aromatic N) is 4. The lowest BCUT2D eigenvalue weighted by molar-refractivity contribution is -0.109. The molecule has 1 amide bonds. The predicted octanol–water partition coefficient (Wildman–Crippen LogP) is 5.71. The van der Waals surface area contributed by atoms with Crippen LogP contribution in [0.5, 0.6) is 0 Å². The topological polar surface area (TPSA) is 98.3 Å². The van der Waals surface area contributed by atoms with Gasteiger partial charge in [-0.2, -0.15) is 0 Å². The largest absolute Gasteiger partial charge is 0.359 e. The highest BCUT2D eigenvalue weighted by Crippen LogP contribution is 2.25. The molecule has 8 heteroatoms. The Kier molecular flexibility index (Phi) is 10.4. The van der Waals surface area contributed by atoms with Crippen molar-refractivity contribution >= 4 is 40.9 Å². The fourth-order valence-corrected chi connectivity index (χ4v) is 5.08. The van der Waals surface area contributed by atoms with Crippen LogP contribution < -0.4 is 10.6 Å². The quantitative estimate of drug-likeness (QED) is 0.137. The molecule has 3 heterocycles. The third-order valence-electron chi connectivity index (χ3n) is 7.19. The van der Waals surface area contributed by atoms with Gasteiger partial charge in [-0.1, -0.05) is 13.0 Å². The number of nitrogens with one attached hydrogen (secondary N) is 3. The van der Waals surface area contributed by atoms with Crippen LogP contribution in [0.2, 0.25) is 0 Å². The summed E-state index contributed by atoms with van der Waals surface area (Å²) in [5.74, 6) is 1.15. The summed E-state index contributed by atoms with van der Waals surface area (Å²) < 4.78 is 0. The number of benzene rings is 1. The summed E-state index contributed by atoms with van der Waals surface area (Å²) in [6, 6.07) is 10.4. The van der Waals surface area contributed by atoms with Gasteiger partial charge < -0.3 is 20.5 Å². The Morgan fingerprint density at radius 2 is 2.05 bits per heavy atom. The van der Waals surface area contributed by atoms with Crippen molar-refractivity contribution in [2.45, 2.75) is 58.8 Å². The Balaban J connectivity index is 1.38. The van der Waals surface area contributed by atoms with Crippen LogP contribution >= 0.6 is 0 Å². The summed E-state index contributed by atoms with van der Waals surface area (Å²) in [6.07, 6.45) is 14.3. The third kappa shape index (κ3) is 7.99. The normalized spacial score (nSPS) is 15.4. The smallest absolute Gasteiger partial charge is 0.227 e. The Morgan fingerprint density at radius 3 is 2.84 bits per heavy atom. The van der Waals surface area contributed by atoms with Crippen LogP contribution in [0.3, 0.4) is 0 Å². The summed E-state index contributed by atoms with van der Waals surface area (Å²) in [4.78, 5) is 30.5. The number of carbonyl (C=O) groups is 1. The molecule has 0 radical (unpaired) electrons. The average Bonchev–Trinajstić information content (AvgIpc) is 3.60. The first-order valence-corrected chi connectivity index (χ1v) is 14.0. The number of aryl methyl sites for hydroxylation is 1. The van der Waals surface area contributed by atoms with Gasteiger partial charge in [0.25, 0.3) is 0 Å². The minimum absolute atomic E-state index is 0.549. The van der Waals surface area contributed by atoms with E-state index in [1.165, 1.54) is 43.4 Å². The van der Waals surface area contributed by atoms with Crippen molar-refractivity contribution < 1.29 is 4.79 Å². The zero-order chi connectivity index (χ0) is 26.6. The van der Waals surface area contributed by atoms with Gasteiger partial charge in [-0.15, -0.1) is 0 Å². The van der Waals surface area contributed by atoms with Crippen LogP contribution in [0.4, 0.5) is 11.6 Å². The number of amides is 1. The maximum atomic E-state index is 10.7. The molecule has 1 unspecified atom stereocenters. The Hall–Kier alpha value is -3.52. The number of aromatic nitrogens is 3. The van der Waals surface area contributed by atoms with E-state index < -0.39 is 0 Å². The number of carbonyl (C=O) groups excluding carboxylic acids is 1. The number of allylic oxidation sites excluding steroid dienone is 1. The van der Waals surface area contributed by atoms with Gasteiger partial charge in [0.05, 0.1) is 11.4 Å². The lowest BCUT2D eigenvalue weighted by Crippen LogP contribution is -2.24. The van der Waals surface area contributed by atoms with Gasteiger partial charge >= 0.3 is 0 Å². The molecule has 4 rings (SSSR count). The number of hydrogen-bond acceptors (Lipinski definition) is 6. The minimum Gasteiger partial charge on any atom is -0.359 e. The zero-order valence-corrected chi connectivity index (χ0v) is 22.7. The fourth-order valence-electron chi connectivity index (χ4n) is 5.08. The van der Waals surface area contributed by atoms with Crippen LogP contribution in [-0.2, 0) is 11.2 Å². The van der Waals surface area contributed by atoms with Gasteiger partial charge in [0.2, 0.25) is 12.4 Å². The molecule has 1 aromatic carbocycles. The predicted molar refractivity (Wildman–Crippen MR) is 157 cm³/mol. The van der Waals surface area contributed by atoms with Gasteiger partial charge in [-0.3, -0.25) is 9.79 Å². The van der Waals surface area contributed by atoms with E-state index >= 15 is 0 Å². The second-order valence-electron chi connectivity index (χ2n) is 9.98. The van der Waals surface area contributed by atoms with E-state index in [1.54, 1.807) is 6.20 Å². The summed E-state index contributed by atoms with van der Waals surface area (Å²) in [5.41, 5.74) is 4.95. The van der Waals surface area contributed by atoms with E-state index in [0.29, 0.717) is 11.9 Å². The molecule has 1 aliphatic heterocycles. The van der Waals surface area contributed by atoms with Crippen LogP contribution in [0.1, 0.15) is 63.8 Å². The third-order valence-corrected chi connectivity index (χ3v) is 7.19. The van der Waals surface area contributed by atoms with E-state index in [-0.39, 0.29) is 0 Å². The molecule has 0 bridgehead atoms. The number of fused-ring (bicyclic) bond motifs is 1. The van der Waals surface area contributed by atoms with Gasteiger partial charge in [0.15, 0.2) is 0 Å². The highest BCUT2D eigenvalue weighted by molar-refractivity contribution is 5.84. The second-order valence-corrected chi connectivity index (χ2v) is 9.98. The van der Waals surface area contributed by atoms with Crippen LogP contribution in [0, 0.1) is 5.92 Å². The molecule has 0 aliphatic carbocycles. The summed E-state index contributed by atoms with van der Waals surface area (Å²) >= 11 is 0.